The summed E-state index contributed by atoms with van der Waals surface area (Å²) in [7, 11) is 3.56. The summed E-state index contributed by atoms with van der Waals surface area (Å²) in [6.07, 6.45) is 4.62. The molecule has 0 spiro atoms. The highest BCUT2D eigenvalue weighted by atomic mass is 14.8. The summed E-state index contributed by atoms with van der Waals surface area (Å²) >= 11 is 0. The molecule has 21 heavy (non-hydrogen) atoms. The van der Waals surface area contributed by atoms with Gasteiger partial charge in [-0.3, -0.25) is 20.0 Å². The van der Waals surface area contributed by atoms with Crippen LogP contribution in [0.25, 0.3) is 0 Å². The van der Waals surface area contributed by atoms with E-state index in [4.69, 9.17) is 0 Å². The number of hydrogen-bond donors (Lipinski definition) is 0. The Labute approximate surface area is 125 Å². The molecule has 2 aromatic heterocycles. The molecular weight excluding hydrogens is 260 g/mol. The van der Waals surface area contributed by atoms with E-state index in [-0.39, 0.29) is 0 Å². The minimum Gasteiger partial charge on any atom is -0.291 e. The van der Waals surface area contributed by atoms with Gasteiger partial charge in [-0.2, -0.15) is 0 Å². The SMILES string of the molecule is C/N=C(\C)c1ccc(Cc2ccc(/C(C)=N/C)nc2)cn1. The number of pyridine rings is 2. The molecule has 0 aliphatic carbocycles. The van der Waals surface area contributed by atoms with Crippen molar-refractivity contribution in [2.24, 2.45) is 9.98 Å². The van der Waals surface area contributed by atoms with E-state index in [1.54, 1.807) is 14.1 Å². The monoisotopic (exact) mass is 280 g/mol. The molecule has 2 rings (SSSR count). The van der Waals surface area contributed by atoms with Gasteiger partial charge in [-0.15, -0.1) is 0 Å². The van der Waals surface area contributed by atoms with Gasteiger partial charge in [-0.05, 0) is 37.1 Å². The first-order chi connectivity index (χ1) is 10.1. The van der Waals surface area contributed by atoms with Crippen LogP contribution in [0.4, 0.5) is 0 Å². The lowest BCUT2D eigenvalue weighted by Gasteiger charge is -2.05. The van der Waals surface area contributed by atoms with Crippen LogP contribution in [0.15, 0.2) is 46.6 Å². The Kier molecular flexibility index (Phi) is 4.93. The van der Waals surface area contributed by atoms with Crippen LogP contribution >= 0.6 is 0 Å². The molecule has 4 heteroatoms. The van der Waals surface area contributed by atoms with Crippen LogP contribution in [0.1, 0.15) is 36.4 Å². The molecule has 0 unspecified atom stereocenters. The zero-order chi connectivity index (χ0) is 15.2. The summed E-state index contributed by atoms with van der Waals surface area (Å²) < 4.78 is 0. The van der Waals surface area contributed by atoms with Crippen molar-refractivity contribution in [2.75, 3.05) is 14.1 Å². The standard InChI is InChI=1S/C17H20N4/c1-12(18-3)16-7-5-14(10-20-16)9-15-6-8-17(21-11-15)13(2)19-4/h5-8,10-11H,9H2,1-4H3/b18-12+,19-13+. The molecule has 0 N–H and O–H groups in total. The number of aliphatic imine (C=N–C) groups is 2. The van der Waals surface area contributed by atoms with Crippen molar-refractivity contribution in [3.05, 3.63) is 59.2 Å². The fourth-order valence-electron chi connectivity index (χ4n) is 1.95. The maximum Gasteiger partial charge on any atom is 0.0837 e. The second-order valence-corrected chi connectivity index (χ2v) is 4.90. The Morgan fingerprint density at radius 3 is 1.52 bits per heavy atom. The zero-order valence-corrected chi connectivity index (χ0v) is 13.0. The van der Waals surface area contributed by atoms with Gasteiger partial charge in [0.15, 0.2) is 0 Å². The molecule has 0 aromatic carbocycles. The molecule has 0 atom stereocenters. The van der Waals surface area contributed by atoms with E-state index in [2.05, 4.69) is 32.1 Å². The number of aromatic nitrogens is 2. The van der Waals surface area contributed by atoms with Crippen molar-refractivity contribution in [1.82, 2.24) is 9.97 Å². The van der Waals surface area contributed by atoms with Gasteiger partial charge in [0.1, 0.15) is 0 Å². The summed E-state index contributed by atoms with van der Waals surface area (Å²) in [6, 6.07) is 8.19. The smallest absolute Gasteiger partial charge is 0.0837 e. The first kappa shape index (κ1) is 15.0. The highest BCUT2D eigenvalue weighted by Crippen LogP contribution is 2.10. The highest BCUT2D eigenvalue weighted by molar-refractivity contribution is 5.97. The molecule has 0 fully saturated rings. The number of rotatable bonds is 4. The number of nitrogens with zero attached hydrogens (tertiary/aromatic N) is 4. The molecule has 0 saturated heterocycles. The molecule has 4 nitrogen and oxygen atoms in total. The van der Waals surface area contributed by atoms with E-state index in [0.29, 0.717) is 0 Å². The molecule has 0 amide bonds. The Morgan fingerprint density at radius 2 is 1.24 bits per heavy atom. The summed E-state index contributed by atoms with van der Waals surface area (Å²) in [5, 5.41) is 0. The van der Waals surface area contributed by atoms with E-state index >= 15 is 0 Å². The van der Waals surface area contributed by atoms with Gasteiger partial charge in [0.2, 0.25) is 0 Å². The van der Waals surface area contributed by atoms with Crippen LogP contribution in [0.5, 0.6) is 0 Å². The second kappa shape index (κ2) is 6.88. The average Bonchev–Trinajstić information content (AvgIpc) is 2.55. The van der Waals surface area contributed by atoms with Gasteiger partial charge in [0, 0.05) is 32.9 Å². The third kappa shape index (κ3) is 3.81. The second-order valence-electron chi connectivity index (χ2n) is 4.90. The van der Waals surface area contributed by atoms with Gasteiger partial charge in [-0.25, -0.2) is 0 Å². The quantitative estimate of drug-likeness (QED) is 0.808. The van der Waals surface area contributed by atoms with Crippen molar-refractivity contribution in [2.45, 2.75) is 20.3 Å². The van der Waals surface area contributed by atoms with Gasteiger partial charge >= 0.3 is 0 Å². The predicted octanol–water partition coefficient (Wildman–Crippen LogP) is 2.95. The van der Waals surface area contributed by atoms with Crippen LogP contribution in [0.3, 0.4) is 0 Å². The molecule has 0 saturated carbocycles. The zero-order valence-electron chi connectivity index (χ0n) is 13.0. The summed E-state index contributed by atoms with van der Waals surface area (Å²) in [6.45, 7) is 3.92. The van der Waals surface area contributed by atoms with Crippen LogP contribution < -0.4 is 0 Å². The molecule has 0 radical (unpaired) electrons. The predicted molar refractivity (Wildman–Crippen MR) is 87.6 cm³/mol. The Bertz CT molecular complexity index is 593. The normalized spacial score (nSPS) is 12.6. The topological polar surface area (TPSA) is 50.5 Å². The maximum atomic E-state index is 4.43. The molecule has 2 heterocycles. The molecule has 0 bridgehead atoms. The maximum absolute atomic E-state index is 4.43. The van der Waals surface area contributed by atoms with Crippen molar-refractivity contribution in [1.29, 1.82) is 0 Å². The van der Waals surface area contributed by atoms with Crippen LogP contribution in [0, 0.1) is 0 Å². The fourth-order valence-corrected chi connectivity index (χ4v) is 1.95. The van der Waals surface area contributed by atoms with Crippen molar-refractivity contribution < 1.29 is 0 Å². The van der Waals surface area contributed by atoms with Gasteiger partial charge in [-0.1, -0.05) is 12.1 Å². The van der Waals surface area contributed by atoms with Crippen LogP contribution in [-0.4, -0.2) is 35.5 Å². The summed E-state index contributed by atoms with van der Waals surface area (Å²) in [5.41, 5.74) is 6.06. The first-order valence-corrected chi connectivity index (χ1v) is 6.91. The van der Waals surface area contributed by atoms with Crippen molar-refractivity contribution >= 4 is 11.4 Å². The highest BCUT2D eigenvalue weighted by Gasteiger charge is 2.02. The molecule has 0 aliphatic rings. The van der Waals surface area contributed by atoms with E-state index in [1.807, 2.05) is 38.4 Å². The van der Waals surface area contributed by atoms with Crippen LogP contribution in [0.2, 0.25) is 0 Å². The van der Waals surface area contributed by atoms with Crippen LogP contribution in [-0.2, 0) is 6.42 Å². The Morgan fingerprint density at radius 1 is 0.810 bits per heavy atom. The van der Waals surface area contributed by atoms with Gasteiger partial charge in [0.05, 0.1) is 22.8 Å². The average molecular weight is 280 g/mol. The lowest BCUT2D eigenvalue weighted by molar-refractivity contribution is 1.10. The summed E-state index contributed by atoms with van der Waals surface area (Å²) in [4.78, 5) is 17.1. The minimum atomic E-state index is 0.825. The van der Waals surface area contributed by atoms with E-state index < -0.39 is 0 Å². The van der Waals surface area contributed by atoms with E-state index in [9.17, 15) is 0 Å². The largest absolute Gasteiger partial charge is 0.291 e. The Hall–Kier alpha value is -2.36. The lowest BCUT2D eigenvalue weighted by atomic mass is 10.1. The van der Waals surface area contributed by atoms with Gasteiger partial charge < -0.3 is 0 Å². The molecular formula is C17H20N4. The van der Waals surface area contributed by atoms with E-state index in [0.717, 1.165) is 40.4 Å². The Balaban J connectivity index is 2.11. The van der Waals surface area contributed by atoms with Crippen molar-refractivity contribution in [3.63, 3.8) is 0 Å². The molecule has 2 aromatic rings. The van der Waals surface area contributed by atoms with E-state index in [1.165, 1.54) is 0 Å². The fraction of sp³-hybridized carbons (Fsp3) is 0.294. The summed E-state index contributed by atoms with van der Waals surface area (Å²) in [5.74, 6) is 0. The molecule has 0 aliphatic heterocycles. The van der Waals surface area contributed by atoms with Crippen molar-refractivity contribution in [3.8, 4) is 0 Å². The third-order valence-corrected chi connectivity index (χ3v) is 3.47. The number of hydrogen-bond acceptors (Lipinski definition) is 4. The third-order valence-electron chi connectivity index (χ3n) is 3.47. The minimum absolute atomic E-state index is 0.825. The van der Waals surface area contributed by atoms with Gasteiger partial charge in [0.25, 0.3) is 0 Å². The lowest BCUT2D eigenvalue weighted by Crippen LogP contribution is -2.01. The molecule has 108 valence electrons. The first-order valence-electron chi connectivity index (χ1n) is 6.91.